The van der Waals surface area contributed by atoms with Crippen LogP contribution in [0.4, 0.5) is 0 Å². The van der Waals surface area contributed by atoms with E-state index in [1.807, 2.05) is 42.5 Å². The van der Waals surface area contributed by atoms with Gasteiger partial charge in [-0.15, -0.1) is 0 Å². The molecule has 1 saturated heterocycles. The van der Waals surface area contributed by atoms with Crippen LogP contribution in [0.5, 0.6) is 0 Å². The number of piperidine rings is 1. The van der Waals surface area contributed by atoms with Crippen molar-refractivity contribution in [1.29, 1.82) is 0 Å². The zero-order valence-electron chi connectivity index (χ0n) is 21.1. The van der Waals surface area contributed by atoms with Crippen LogP contribution in [0.3, 0.4) is 0 Å². The van der Waals surface area contributed by atoms with Crippen LogP contribution in [0.2, 0.25) is 5.02 Å². The number of nitrogens with zero attached hydrogens (tertiary/aromatic N) is 2. The van der Waals surface area contributed by atoms with Gasteiger partial charge in [0, 0.05) is 34.7 Å². The number of rotatable bonds is 8. The van der Waals surface area contributed by atoms with Gasteiger partial charge in [-0.3, -0.25) is 4.21 Å². The lowest BCUT2D eigenvalue weighted by molar-refractivity contribution is 0.165. The molecule has 0 N–H and O–H groups in total. The highest BCUT2D eigenvalue weighted by atomic mass is 35.5. The lowest BCUT2D eigenvalue weighted by Crippen LogP contribution is -2.44. The summed E-state index contributed by atoms with van der Waals surface area (Å²) in [6.07, 6.45) is 2.82. The first-order valence-electron chi connectivity index (χ1n) is 12.8. The molecule has 196 valence electrons. The standard InChI is InChI=1S/C29H33ClN2O3S2/c1-31(37(34,35)26-10-3-2-4-11-26)21-24(23-8-7-9-25(30)20-23)14-17-32-18-15-29(16-19-32)22-36(33)28-13-6-5-12-27(28)29/h2-13,20,24H,14-19,21-22H2,1H3/t24-,36?/m1/s1. The maximum Gasteiger partial charge on any atom is 0.242 e. The summed E-state index contributed by atoms with van der Waals surface area (Å²) in [6.45, 7) is 3.15. The van der Waals surface area contributed by atoms with Crippen molar-refractivity contribution in [2.24, 2.45) is 0 Å². The number of halogens is 1. The first kappa shape index (κ1) is 26.6. The Labute approximate surface area is 228 Å². The lowest BCUT2D eigenvalue weighted by atomic mass is 9.74. The maximum absolute atomic E-state index is 13.2. The third-order valence-electron chi connectivity index (χ3n) is 7.97. The molecule has 37 heavy (non-hydrogen) atoms. The van der Waals surface area contributed by atoms with Crippen molar-refractivity contribution in [3.8, 4) is 0 Å². The van der Waals surface area contributed by atoms with Gasteiger partial charge in [-0.1, -0.05) is 60.1 Å². The van der Waals surface area contributed by atoms with Crippen molar-refractivity contribution in [2.45, 2.75) is 40.4 Å². The first-order chi connectivity index (χ1) is 17.8. The van der Waals surface area contributed by atoms with Gasteiger partial charge >= 0.3 is 0 Å². The summed E-state index contributed by atoms with van der Waals surface area (Å²) >= 11 is 6.32. The molecule has 5 nitrogen and oxygen atoms in total. The quantitative estimate of drug-likeness (QED) is 0.378. The molecule has 0 saturated carbocycles. The fourth-order valence-electron chi connectivity index (χ4n) is 5.77. The molecule has 2 aliphatic heterocycles. The molecule has 8 heteroatoms. The second-order valence-electron chi connectivity index (χ2n) is 10.2. The predicted molar refractivity (Wildman–Crippen MR) is 150 cm³/mol. The third kappa shape index (κ3) is 5.57. The van der Waals surface area contributed by atoms with Crippen molar-refractivity contribution in [1.82, 2.24) is 9.21 Å². The van der Waals surface area contributed by atoms with E-state index in [9.17, 15) is 12.6 Å². The Kier molecular flexibility index (Phi) is 7.89. The number of hydrogen-bond acceptors (Lipinski definition) is 4. The average molecular weight is 557 g/mol. The molecule has 5 rings (SSSR count). The number of benzene rings is 3. The molecule has 3 aromatic rings. The number of fused-ring (bicyclic) bond motifs is 2. The van der Waals surface area contributed by atoms with Gasteiger partial charge in [0.1, 0.15) is 0 Å². The second-order valence-corrected chi connectivity index (χ2v) is 14.1. The molecule has 1 unspecified atom stereocenters. The molecule has 0 radical (unpaired) electrons. The fourth-order valence-corrected chi connectivity index (χ4v) is 9.07. The molecule has 0 aliphatic carbocycles. The van der Waals surface area contributed by atoms with Gasteiger partial charge in [0.05, 0.1) is 15.7 Å². The van der Waals surface area contributed by atoms with E-state index in [2.05, 4.69) is 17.0 Å². The van der Waals surface area contributed by atoms with E-state index in [1.165, 1.54) is 9.87 Å². The van der Waals surface area contributed by atoms with Crippen LogP contribution in [-0.2, 0) is 26.2 Å². The highest BCUT2D eigenvalue weighted by Crippen LogP contribution is 2.45. The van der Waals surface area contributed by atoms with Gasteiger partial charge in [-0.25, -0.2) is 12.7 Å². The zero-order valence-corrected chi connectivity index (χ0v) is 23.4. The first-order valence-corrected chi connectivity index (χ1v) is 15.9. The van der Waals surface area contributed by atoms with Crippen LogP contribution < -0.4 is 0 Å². The fraction of sp³-hybridized carbons (Fsp3) is 0.379. The summed E-state index contributed by atoms with van der Waals surface area (Å²) in [4.78, 5) is 3.79. The lowest BCUT2D eigenvalue weighted by Gasteiger charge is -2.40. The Balaban J connectivity index is 1.27. The minimum absolute atomic E-state index is 0.0118. The SMILES string of the molecule is CN(C[C@@H](CCN1CCC2(CC1)CS(=O)c1ccccc12)c1cccc(Cl)c1)S(=O)(=O)c1ccccc1. The highest BCUT2D eigenvalue weighted by Gasteiger charge is 2.44. The van der Waals surface area contributed by atoms with Crippen LogP contribution in [0.25, 0.3) is 0 Å². The van der Waals surface area contributed by atoms with E-state index in [0.29, 0.717) is 16.5 Å². The van der Waals surface area contributed by atoms with Gasteiger partial charge < -0.3 is 4.90 Å². The summed E-state index contributed by atoms with van der Waals surface area (Å²) < 4.78 is 40.6. The summed E-state index contributed by atoms with van der Waals surface area (Å²) in [5, 5.41) is 0.656. The van der Waals surface area contributed by atoms with Crippen LogP contribution in [-0.4, -0.2) is 60.8 Å². The van der Waals surface area contributed by atoms with Crippen molar-refractivity contribution in [3.63, 3.8) is 0 Å². The second kappa shape index (κ2) is 11.0. The van der Waals surface area contributed by atoms with Gasteiger partial charge in [-0.2, -0.15) is 0 Å². The Morgan fingerprint density at radius 2 is 1.70 bits per heavy atom. The van der Waals surface area contributed by atoms with Crippen LogP contribution in [0, 0.1) is 0 Å². The van der Waals surface area contributed by atoms with Crippen molar-refractivity contribution in [2.75, 3.05) is 39.0 Å². The van der Waals surface area contributed by atoms with Crippen LogP contribution >= 0.6 is 11.6 Å². The van der Waals surface area contributed by atoms with Crippen molar-refractivity contribution >= 4 is 32.4 Å². The number of sulfonamides is 1. The van der Waals surface area contributed by atoms with Gasteiger partial charge in [-0.05, 0) is 86.3 Å². The smallest absolute Gasteiger partial charge is 0.242 e. The molecular weight excluding hydrogens is 524 g/mol. The molecule has 0 aromatic heterocycles. The molecule has 1 spiro atoms. The zero-order chi connectivity index (χ0) is 26.0. The van der Waals surface area contributed by atoms with Gasteiger partial charge in [0.2, 0.25) is 10.0 Å². The van der Waals surface area contributed by atoms with E-state index < -0.39 is 20.8 Å². The number of likely N-dealkylation sites (N-methyl/N-ethyl adjacent to an activating group) is 1. The molecular formula is C29H33ClN2O3S2. The van der Waals surface area contributed by atoms with E-state index in [4.69, 9.17) is 11.6 Å². The van der Waals surface area contributed by atoms with E-state index in [-0.39, 0.29) is 11.3 Å². The predicted octanol–water partition coefficient (Wildman–Crippen LogP) is 5.29. The Hall–Kier alpha value is -2.03. The Morgan fingerprint density at radius 3 is 2.43 bits per heavy atom. The summed E-state index contributed by atoms with van der Waals surface area (Å²) in [7, 11) is -2.84. The molecule has 2 heterocycles. The minimum atomic E-state index is -3.59. The third-order valence-corrected chi connectivity index (χ3v) is 11.7. The van der Waals surface area contributed by atoms with Crippen molar-refractivity contribution in [3.05, 3.63) is 95.0 Å². The number of hydrogen-bond donors (Lipinski definition) is 0. The monoisotopic (exact) mass is 556 g/mol. The summed E-state index contributed by atoms with van der Waals surface area (Å²) in [5.74, 6) is 0.741. The van der Waals surface area contributed by atoms with Gasteiger partial charge in [0.15, 0.2) is 0 Å². The largest absolute Gasteiger partial charge is 0.303 e. The molecule has 2 atom stereocenters. The van der Waals surface area contributed by atoms with Crippen LogP contribution in [0.1, 0.15) is 36.3 Å². The molecule has 1 fully saturated rings. The van der Waals surface area contributed by atoms with E-state index in [0.717, 1.165) is 55.1 Å². The maximum atomic E-state index is 13.2. The topological polar surface area (TPSA) is 57.7 Å². The summed E-state index contributed by atoms with van der Waals surface area (Å²) in [5.41, 5.74) is 2.35. The van der Waals surface area contributed by atoms with Crippen molar-refractivity contribution < 1.29 is 12.6 Å². The number of likely N-dealkylation sites (tertiary alicyclic amines) is 1. The molecule has 3 aromatic carbocycles. The molecule has 2 aliphatic rings. The van der Waals surface area contributed by atoms with E-state index >= 15 is 0 Å². The Bertz CT molecular complexity index is 1370. The minimum Gasteiger partial charge on any atom is -0.303 e. The van der Waals surface area contributed by atoms with Gasteiger partial charge in [0.25, 0.3) is 0 Å². The molecule has 0 amide bonds. The summed E-state index contributed by atoms with van der Waals surface area (Å²) in [6, 6.07) is 24.6. The highest BCUT2D eigenvalue weighted by molar-refractivity contribution is 7.89. The Morgan fingerprint density at radius 1 is 1.00 bits per heavy atom. The van der Waals surface area contributed by atoms with E-state index in [1.54, 1.807) is 31.3 Å². The average Bonchev–Trinajstić information content (AvgIpc) is 3.19. The molecule has 0 bridgehead atoms. The van der Waals surface area contributed by atoms with Crippen LogP contribution in [0.15, 0.2) is 88.7 Å². The normalized spacial score (nSPS) is 20.2.